The Balaban J connectivity index is -0.000000152. The van der Waals surface area contributed by atoms with E-state index in [0.29, 0.717) is 0 Å². The van der Waals surface area contributed by atoms with Crippen molar-refractivity contribution in [3.8, 4) is 0 Å². The molecule has 1 N–H and O–H groups in total. The fourth-order valence-electron chi connectivity index (χ4n) is 0.899. The summed E-state index contributed by atoms with van der Waals surface area (Å²) in [5.74, 6) is 0. The average Bonchev–Trinajstić information content (AvgIpc) is 2.47. The van der Waals surface area contributed by atoms with Crippen molar-refractivity contribution in [2.75, 3.05) is 27.2 Å². The molecule has 0 aliphatic heterocycles. The Morgan fingerprint density at radius 2 is 1.61 bits per heavy atom. The van der Waals surface area contributed by atoms with Gasteiger partial charge in [-0.2, -0.15) is 15.5 Å². The van der Waals surface area contributed by atoms with Gasteiger partial charge in [-0.05, 0) is 12.1 Å². The van der Waals surface area contributed by atoms with Gasteiger partial charge in [-0.3, -0.25) is 9.98 Å². The fourth-order valence-corrected chi connectivity index (χ4v) is 0.899. The van der Waals surface area contributed by atoms with Gasteiger partial charge >= 0.3 is 17.1 Å². The second-order valence-electron chi connectivity index (χ2n) is 3.52. The Kier molecular flexibility index (Phi) is 37.2. The van der Waals surface area contributed by atoms with Crippen LogP contribution in [0.4, 0.5) is 0 Å². The number of hydrogen-bond donors (Lipinski definition) is 1. The Bertz CT molecular complexity index is 461. The van der Waals surface area contributed by atoms with Crippen molar-refractivity contribution >= 4 is 58.4 Å². The SMILES string of the molecule is C[NH+](C)CCN=Cc1ccccn1.[Mn+2].[N-]=C=S.[N-]=C=S.[N-]=C=S. The monoisotopic (exact) mass is 407 g/mol. The van der Waals surface area contributed by atoms with Crippen LogP contribution in [0.2, 0.25) is 0 Å². The quantitative estimate of drug-likeness (QED) is 0.466. The maximum atomic E-state index is 7.13. The smallest absolute Gasteiger partial charge is 0.753 e. The van der Waals surface area contributed by atoms with E-state index in [4.69, 9.17) is 16.2 Å². The van der Waals surface area contributed by atoms with Crippen molar-refractivity contribution in [1.29, 1.82) is 0 Å². The summed E-state index contributed by atoms with van der Waals surface area (Å²) in [4.78, 5) is 9.83. The van der Waals surface area contributed by atoms with Crippen LogP contribution in [0.1, 0.15) is 5.69 Å². The number of aromatic nitrogens is 1. The third-order valence-corrected chi connectivity index (χ3v) is 1.65. The molecule has 0 spiro atoms. The number of rotatable bonds is 4. The van der Waals surface area contributed by atoms with Gasteiger partial charge in [-0.15, -0.1) is 0 Å². The summed E-state index contributed by atoms with van der Waals surface area (Å²) < 4.78 is 0. The predicted octanol–water partition coefficient (Wildman–Crippen LogP) is 1.62. The summed E-state index contributed by atoms with van der Waals surface area (Å²) in [6.45, 7) is 1.92. The molecule has 23 heavy (non-hydrogen) atoms. The molecule has 0 unspecified atom stereocenters. The number of hydrogen-bond acceptors (Lipinski definition) is 5. The van der Waals surface area contributed by atoms with E-state index in [1.54, 1.807) is 6.20 Å². The Morgan fingerprint density at radius 1 is 1.13 bits per heavy atom. The number of pyridine rings is 1. The Morgan fingerprint density at radius 3 is 1.96 bits per heavy atom. The van der Waals surface area contributed by atoms with Gasteiger partial charge in [0.1, 0.15) is 0 Å². The molecule has 1 radical (unpaired) electrons. The van der Waals surface area contributed by atoms with Crippen LogP contribution in [-0.2, 0) is 17.1 Å². The molecular weight excluding hydrogens is 391 g/mol. The van der Waals surface area contributed by atoms with Gasteiger partial charge in [0, 0.05) is 12.4 Å². The van der Waals surface area contributed by atoms with Crippen LogP contribution in [0.25, 0.3) is 16.2 Å². The van der Waals surface area contributed by atoms with Crippen molar-refractivity contribution in [3.63, 3.8) is 0 Å². The molecule has 1 heterocycles. The minimum atomic E-state index is 0. The van der Waals surface area contributed by atoms with Gasteiger partial charge in [0.2, 0.25) is 0 Å². The summed E-state index contributed by atoms with van der Waals surface area (Å²) in [5, 5.41) is 25.4. The molecule has 0 saturated carbocycles. The van der Waals surface area contributed by atoms with E-state index >= 15 is 0 Å². The molecule has 1 rings (SSSR count). The van der Waals surface area contributed by atoms with E-state index in [1.807, 2.05) is 24.4 Å². The molecule has 0 atom stereocenters. The van der Waals surface area contributed by atoms with Crippen LogP contribution in [0.5, 0.6) is 0 Å². The first kappa shape index (κ1) is 29.7. The standard InChI is InChI=1S/C10H15N3.3CNS.Mn/c1-13(2)8-7-11-9-10-5-3-4-6-12-10;3*2-1-3;/h3-6,9H,7-8H2,1-2H3;;;;/q;3*-1;+2/p+1. The maximum Gasteiger partial charge on any atom is 2.00 e. The fraction of sp³-hybridized carbons (Fsp3) is 0.308. The van der Waals surface area contributed by atoms with Crippen molar-refractivity contribution in [3.05, 3.63) is 46.3 Å². The number of nitrogens with one attached hydrogen (secondary N) is 1. The van der Waals surface area contributed by atoms with Crippen LogP contribution in [-0.4, -0.2) is 53.9 Å². The van der Waals surface area contributed by atoms with Gasteiger partial charge in [-0.1, -0.05) is 42.7 Å². The van der Waals surface area contributed by atoms with E-state index < -0.39 is 0 Å². The normalized spacial score (nSPS) is 7.43. The Hall–Kier alpha value is -1.30. The summed E-state index contributed by atoms with van der Waals surface area (Å²) >= 11 is 11.1. The molecule has 0 aliphatic rings. The van der Waals surface area contributed by atoms with Crippen molar-refractivity contribution in [1.82, 2.24) is 4.98 Å². The average molecular weight is 407 g/mol. The predicted molar refractivity (Wildman–Crippen MR) is 102 cm³/mol. The van der Waals surface area contributed by atoms with Crippen molar-refractivity contribution in [2.24, 2.45) is 4.99 Å². The number of nitrogens with zero attached hydrogens (tertiary/aromatic N) is 5. The Labute approximate surface area is 163 Å². The van der Waals surface area contributed by atoms with Gasteiger partial charge in [-0.25, -0.2) is 0 Å². The maximum absolute atomic E-state index is 7.13. The molecule has 1 aromatic rings. The van der Waals surface area contributed by atoms with E-state index in [1.165, 1.54) is 20.4 Å². The first-order valence-corrected chi connectivity index (χ1v) is 7.00. The minimum Gasteiger partial charge on any atom is -0.753 e. The van der Waals surface area contributed by atoms with Crippen LogP contribution in [0.15, 0.2) is 29.4 Å². The van der Waals surface area contributed by atoms with Crippen molar-refractivity contribution in [2.45, 2.75) is 0 Å². The number of aliphatic imine (C=N–C) groups is 1. The third-order valence-electron chi connectivity index (χ3n) is 1.65. The van der Waals surface area contributed by atoms with E-state index in [2.05, 4.69) is 60.7 Å². The molecule has 0 bridgehead atoms. The second kappa shape index (κ2) is 28.8. The topological polar surface area (TPSA) is 96.6 Å². The molecule has 0 aliphatic carbocycles. The molecule has 1 aromatic heterocycles. The zero-order valence-corrected chi connectivity index (χ0v) is 16.3. The molecule has 0 amide bonds. The van der Waals surface area contributed by atoms with E-state index in [-0.39, 0.29) is 17.1 Å². The largest absolute Gasteiger partial charge is 2.00 e. The van der Waals surface area contributed by atoms with E-state index in [9.17, 15) is 0 Å². The van der Waals surface area contributed by atoms with Gasteiger partial charge in [0.05, 0.1) is 32.9 Å². The molecule has 0 saturated heterocycles. The van der Waals surface area contributed by atoms with Crippen molar-refractivity contribution < 1.29 is 22.0 Å². The number of likely N-dealkylation sites (N-methyl/N-ethyl adjacent to an activating group) is 1. The second-order valence-corrected chi connectivity index (χ2v) is 4.07. The summed E-state index contributed by atoms with van der Waals surface area (Å²) in [6.07, 6.45) is 3.60. The van der Waals surface area contributed by atoms with Gasteiger partial charge < -0.3 is 21.1 Å². The minimum absolute atomic E-state index is 0. The molecule has 123 valence electrons. The first-order chi connectivity index (χ1) is 10.5. The molecule has 0 fully saturated rings. The van der Waals surface area contributed by atoms with Gasteiger partial charge in [0.25, 0.3) is 0 Å². The third kappa shape index (κ3) is 38.6. The number of thiocarbonyl (C=S) groups is 3. The first-order valence-electron chi connectivity index (χ1n) is 5.77. The van der Waals surface area contributed by atoms with Crippen LogP contribution >= 0.6 is 36.7 Å². The summed E-state index contributed by atoms with van der Waals surface area (Å²) in [7, 11) is 4.24. The van der Waals surface area contributed by atoms with E-state index in [0.717, 1.165) is 18.8 Å². The van der Waals surface area contributed by atoms with Gasteiger partial charge in [0.15, 0.2) is 0 Å². The van der Waals surface area contributed by atoms with Crippen LogP contribution < -0.4 is 4.90 Å². The number of isothiocyanates is 3. The zero-order chi connectivity index (χ0) is 17.6. The molecule has 6 nitrogen and oxygen atoms in total. The zero-order valence-electron chi connectivity index (χ0n) is 12.6. The van der Waals surface area contributed by atoms with Crippen LogP contribution in [0, 0.1) is 0 Å². The summed E-state index contributed by atoms with van der Waals surface area (Å²) in [6, 6.07) is 5.82. The summed E-state index contributed by atoms with van der Waals surface area (Å²) in [5.41, 5.74) is 0.927. The molecular formula is C13H16MnN6S3. The number of quaternary nitrogens is 1. The van der Waals surface area contributed by atoms with Crippen LogP contribution in [0.3, 0.4) is 0 Å². The molecule has 0 aromatic carbocycles. The molecule has 10 heteroatoms.